The maximum absolute atomic E-state index is 13.7. The van der Waals surface area contributed by atoms with E-state index in [9.17, 15) is 14.3 Å². The van der Waals surface area contributed by atoms with Gasteiger partial charge in [-0.2, -0.15) is 0 Å². The van der Waals surface area contributed by atoms with Crippen molar-refractivity contribution in [1.82, 2.24) is 10.6 Å². The number of anilines is 1. The van der Waals surface area contributed by atoms with E-state index in [4.69, 9.17) is 0 Å². The first-order valence-corrected chi connectivity index (χ1v) is 12.2. The number of carbonyl (C=O) groups is 1. The van der Waals surface area contributed by atoms with Gasteiger partial charge in [-0.1, -0.05) is 45.0 Å². The average Bonchev–Trinajstić information content (AvgIpc) is 2.69. The largest absolute Gasteiger partial charge is 0.390 e. The normalized spacial score (nSPS) is 19.0. The molecular formula is C28H40FN3O2. The van der Waals surface area contributed by atoms with Crippen LogP contribution in [0.3, 0.4) is 0 Å². The highest BCUT2D eigenvalue weighted by Crippen LogP contribution is 2.38. The number of amides is 1. The van der Waals surface area contributed by atoms with Crippen molar-refractivity contribution >= 4 is 11.6 Å². The van der Waals surface area contributed by atoms with Gasteiger partial charge in [0.25, 0.3) is 0 Å². The number of hydrogen-bond donors (Lipinski definition) is 4. The molecule has 0 fully saturated rings. The molecule has 0 saturated carbocycles. The molecule has 5 nitrogen and oxygen atoms in total. The summed E-state index contributed by atoms with van der Waals surface area (Å²) in [7, 11) is 0. The van der Waals surface area contributed by atoms with Crippen LogP contribution in [0.25, 0.3) is 0 Å². The zero-order valence-corrected chi connectivity index (χ0v) is 21.3. The second-order valence-corrected chi connectivity index (χ2v) is 11.5. The minimum Gasteiger partial charge on any atom is -0.390 e. The first kappa shape index (κ1) is 26.2. The molecule has 0 radical (unpaired) electrons. The molecule has 2 aromatic rings. The number of nitrogens with one attached hydrogen (secondary N) is 3. The number of benzene rings is 2. The van der Waals surface area contributed by atoms with Crippen molar-refractivity contribution in [3.05, 3.63) is 65.0 Å². The summed E-state index contributed by atoms with van der Waals surface area (Å²) in [6.45, 7) is 12.8. The topological polar surface area (TPSA) is 73.4 Å². The Balaban J connectivity index is 1.76. The van der Waals surface area contributed by atoms with E-state index in [1.807, 2.05) is 0 Å². The molecule has 3 atom stereocenters. The van der Waals surface area contributed by atoms with Gasteiger partial charge in [-0.15, -0.1) is 0 Å². The summed E-state index contributed by atoms with van der Waals surface area (Å²) in [5, 5.41) is 21.1. The van der Waals surface area contributed by atoms with Gasteiger partial charge in [-0.3, -0.25) is 4.79 Å². The Bertz CT molecular complexity index is 999. The summed E-state index contributed by atoms with van der Waals surface area (Å²) in [4.78, 5) is 11.8. The van der Waals surface area contributed by atoms with Crippen LogP contribution < -0.4 is 16.0 Å². The van der Waals surface area contributed by atoms with Crippen molar-refractivity contribution in [3.63, 3.8) is 0 Å². The molecule has 1 aliphatic heterocycles. The highest BCUT2D eigenvalue weighted by atomic mass is 19.1. The summed E-state index contributed by atoms with van der Waals surface area (Å²) in [5.74, 6) is -0.549. The van der Waals surface area contributed by atoms with Gasteiger partial charge in [0.1, 0.15) is 5.82 Å². The quantitative estimate of drug-likeness (QED) is 0.450. The second-order valence-electron chi connectivity index (χ2n) is 11.5. The van der Waals surface area contributed by atoms with E-state index in [-0.39, 0.29) is 28.7 Å². The number of halogens is 1. The van der Waals surface area contributed by atoms with E-state index in [0.29, 0.717) is 13.0 Å². The van der Waals surface area contributed by atoms with Gasteiger partial charge in [-0.05, 0) is 73.4 Å². The fraction of sp³-hybridized carbons (Fsp3) is 0.536. The molecule has 2 aromatic carbocycles. The van der Waals surface area contributed by atoms with Crippen molar-refractivity contribution in [2.24, 2.45) is 5.41 Å². The number of aliphatic hydroxyl groups excluding tert-OH is 1. The summed E-state index contributed by atoms with van der Waals surface area (Å²) in [6, 6.07) is 12.4. The van der Waals surface area contributed by atoms with Crippen LogP contribution >= 0.6 is 0 Å². The predicted octanol–water partition coefficient (Wildman–Crippen LogP) is 4.75. The molecular weight excluding hydrogens is 429 g/mol. The van der Waals surface area contributed by atoms with Crippen LogP contribution in [0, 0.1) is 11.2 Å². The van der Waals surface area contributed by atoms with Gasteiger partial charge in [0.2, 0.25) is 5.91 Å². The van der Waals surface area contributed by atoms with Crippen molar-refractivity contribution in [2.75, 3.05) is 11.9 Å². The zero-order chi connectivity index (χ0) is 25.1. The van der Waals surface area contributed by atoms with Crippen molar-refractivity contribution in [1.29, 1.82) is 0 Å². The molecule has 0 aliphatic carbocycles. The molecule has 4 N–H and O–H groups in total. The maximum atomic E-state index is 13.7. The molecule has 0 saturated heterocycles. The lowest BCUT2D eigenvalue weighted by atomic mass is 9.82. The lowest BCUT2D eigenvalue weighted by Crippen LogP contribution is -2.50. The summed E-state index contributed by atoms with van der Waals surface area (Å²) in [5.41, 5.74) is 4.44. The lowest BCUT2D eigenvalue weighted by Gasteiger charge is -2.40. The Morgan fingerprint density at radius 1 is 1.21 bits per heavy atom. The lowest BCUT2D eigenvalue weighted by molar-refractivity contribution is -0.120. The van der Waals surface area contributed by atoms with E-state index in [1.54, 1.807) is 12.1 Å². The molecule has 0 bridgehead atoms. The zero-order valence-electron chi connectivity index (χ0n) is 21.3. The van der Waals surface area contributed by atoms with Crippen LogP contribution in [0.15, 0.2) is 42.5 Å². The molecule has 1 amide bonds. The molecule has 1 heterocycles. The summed E-state index contributed by atoms with van der Waals surface area (Å²) in [6.07, 6.45) is 1.37. The number of carbonyl (C=O) groups excluding carboxylic acids is 1. The van der Waals surface area contributed by atoms with Gasteiger partial charge in [0, 0.05) is 30.7 Å². The molecule has 34 heavy (non-hydrogen) atoms. The van der Waals surface area contributed by atoms with Crippen LogP contribution in [0.5, 0.6) is 0 Å². The average molecular weight is 470 g/mol. The number of fused-ring (bicyclic) bond motifs is 1. The molecule has 3 rings (SSSR count). The highest BCUT2D eigenvalue weighted by Gasteiger charge is 2.33. The summed E-state index contributed by atoms with van der Waals surface area (Å²) >= 11 is 0. The van der Waals surface area contributed by atoms with Crippen molar-refractivity contribution in [2.45, 2.75) is 84.5 Å². The van der Waals surface area contributed by atoms with Gasteiger partial charge in [-0.25, -0.2) is 4.39 Å². The predicted molar refractivity (Wildman–Crippen MR) is 136 cm³/mol. The maximum Gasteiger partial charge on any atom is 0.217 e. The van der Waals surface area contributed by atoms with Crippen LogP contribution in [-0.2, 0) is 17.6 Å². The number of aliphatic hydroxyl groups is 1. The Morgan fingerprint density at radius 2 is 1.94 bits per heavy atom. The smallest absolute Gasteiger partial charge is 0.217 e. The molecule has 186 valence electrons. The monoisotopic (exact) mass is 469 g/mol. The van der Waals surface area contributed by atoms with E-state index >= 15 is 0 Å². The molecule has 1 aliphatic rings. The third kappa shape index (κ3) is 7.54. The third-order valence-corrected chi connectivity index (χ3v) is 6.18. The van der Waals surface area contributed by atoms with Crippen molar-refractivity contribution in [3.8, 4) is 0 Å². The van der Waals surface area contributed by atoms with E-state index in [1.165, 1.54) is 30.2 Å². The second kappa shape index (κ2) is 10.4. The van der Waals surface area contributed by atoms with E-state index < -0.39 is 12.1 Å². The van der Waals surface area contributed by atoms with Gasteiger partial charge >= 0.3 is 0 Å². The van der Waals surface area contributed by atoms with E-state index in [0.717, 1.165) is 24.1 Å². The van der Waals surface area contributed by atoms with Crippen LogP contribution in [0.4, 0.5) is 10.1 Å². The first-order chi connectivity index (χ1) is 15.8. The van der Waals surface area contributed by atoms with Gasteiger partial charge < -0.3 is 21.1 Å². The van der Waals surface area contributed by atoms with Gasteiger partial charge in [0.05, 0.1) is 12.1 Å². The molecule has 0 unspecified atom stereocenters. The Hall–Kier alpha value is -2.44. The number of hydrogen-bond acceptors (Lipinski definition) is 4. The fourth-order valence-corrected chi connectivity index (χ4v) is 4.82. The molecule has 0 aromatic heterocycles. The SMILES string of the molecule is CC(=O)N[C@@H](Cc1cccc(F)c1)[C@H](O)CN[C@H]1CC(C)(C)Nc2ccc(CC(C)(C)C)cc21. The highest BCUT2D eigenvalue weighted by molar-refractivity contribution is 5.73. The van der Waals surface area contributed by atoms with Crippen LogP contribution in [0.1, 0.15) is 70.7 Å². The molecule has 6 heteroatoms. The van der Waals surface area contributed by atoms with Crippen molar-refractivity contribution < 1.29 is 14.3 Å². The minimum absolute atomic E-state index is 0.0629. The fourth-order valence-electron chi connectivity index (χ4n) is 4.82. The Kier molecular flexibility index (Phi) is 8.04. The van der Waals surface area contributed by atoms with Crippen LogP contribution in [-0.4, -0.2) is 35.2 Å². The third-order valence-electron chi connectivity index (χ3n) is 6.18. The van der Waals surface area contributed by atoms with Gasteiger partial charge in [0.15, 0.2) is 0 Å². The number of rotatable bonds is 8. The Labute approximate surface area is 203 Å². The molecule has 0 spiro atoms. The Morgan fingerprint density at radius 3 is 2.59 bits per heavy atom. The van der Waals surface area contributed by atoms with Crippen LogP contribution in [0.2, 0.25) is 0 Å². The minimum atomic E-state index is -0.827. The standard InChI is InChI=1S/C28H40FN3O2/c1-18(33)31-24(14-19-8-7-9-21(29)12-19)26(34)17-30-25-16-28(5,6)32-23-11-10-20(13-22(23)25)15-27(2,3)4/h7-13,24-26,30,32,34H,14-17H2,1-6H3,(H,31,33)/t24-,25-,26+/m0/s1. The first-order valence-electron chi connectivity index (χ1n) is 12.2. The summed E-state index contributed by atoms with van der Waals surface area (Å²) < 4.78 is 13.7. The van der Waals surface area contributed by atoms with E-state index in [2.05, 4.69) is 68.8 Å².